The molecule has 1 N–H and O–H groups in total. The minimum absolute atomic E-state index is 0.0432. The zero-order valence-electron chi connectivity index (χ0n) is 10.1. The lowest BCUT2D eigenvalue weighted by molar-refractivity contribution is -0.0103. The van der Waals surface area contributed by atoms with E-state index in [1.54, 1.807) is 12.1 Å². The lowest BCUT2D eigenvalue weighted by Crippen LogP contribution is -2.50. The van der Waals surface area contributed by atoms with Gasteiger partial charge in [0, 0.05) is 12.6 Å². The van der Waals surface area contributed by atoms with Crippen molar-refractivity contribution in [2.75, 3.05) is 24.7 Å². The summed E-state index contributed by atoms with van der Waals surface area (Å²) in [7, 11) is 0. The number of ether oxygens (including phenoxy) is 1. The van der Waals surface area contributed by atoms with E-state index in [1.807, 2.05) is 17.9 Å². The van der Waals surface area contributed by atoms with Crippen LogP contribution in [0.25, 0.3) is 0 Å². The number of nitrogens with zero attached hydrogens (tertiary/aromatic N) is 2. The fourth-order valence-corrected chi connectivity index (χ4v) is 2.13. The van der Waals surface area contributed by atoms with Crippen molar-refractivity contribution in [3.8, 4) is 6.07 Å². The molecule has 2 unspecified atom stereocenters. The fraction of sp³-hybridized carbons (Fsp3) is 0.462. The molecule has 0 amide bonds. The van der Waals surface area contributed by atoms with Gasteiger partial charge in [-0.25, -0.2) is 4.39 Å². The Balaban J connectivity index is 2.35. The van der Waals surface area contributed by atoms with Gasteiger partial charge in [-0.15, -0.1) is 0 Å². The molecule has 5 heteroatoms. The van der Waals surface area contributed by atoms with Crippen molar-refractivity contribution in [3.05, 3.63) is 29.6 Å². The number of rotatable bonds is 2. The maximum Gasteiger partial charge on any atom is 0.143 e. The van der Waals surface area contributed by atoms with E-state index in [4.69, 9.17) is 15.1 Å². The molecule has 0 aliphatic carbocycles. The molecule has 96 valence electrons. The summed E-state index contributed by atoms with van der Waals surface area (Å²) < 4.78 is 19.0. The first-order valence-electron chi connectivity index (χ1n) is 5.85. The highest BCUT2D eigenvalue weighted by Gasteiger charge is 2.28. The number of morpholine rings is 1. The van der Waals surface area contributed by atoms with Crippen LogP contribution in [-0.4, -0.2) is 37.0 Å². The summed E-state index contributed by atoms with van der Waals surface area (Å²) in [6, 6.07) is 6.52. The predicted molar refractivity (Wildman–Crippen MR) is 64.7 cm³/mol. The van der Waals surface area contributed by atoms with Gasteiger partial charge in [-0.05, 0) is 19.1 Å². The van der Waals surface area contributed by atoms with Crippen molar-refractivity contribution in [1.29, 1.82) is 5.26 Å². The number of halogens is 1. The maximum absolute atomic E-state index is 13.6. The number of aliphatic hydroxyl groups excluding tert-OH is 1. The second-order valence-electron chi connectivity index (χ2n) is 4.39. The molecule has 4 nitrogen and oxygen atoms in total. The van der Waals surface area contributed by atoms with Crippen LogP contribution >= 0.6 is 0 Å². The Labute approximate surface area is 105 Å². The molecule has 1 aliphatic rings. The average Bonchev–Trinajstić information content (AvgIpc) is 2.39. The molecule has 1 saturated heterocycles. The molecule has 1 aromatic rings. The van der Waals surface area contributed by atoms with Crippen LogP contribution in [0.5, 0.6) is 0 Å². The van der Waals surface area contributed by atoms with Crippen molar-refractivity contribution in [1.82, 2.24) is 0 Å². The molecule has 0 aromatic heterocycles. The number of benzene rings is 1. The van der Waals surface area contributed by atoms with Crippen molar-refractivity contribution < 1.29 is 14.2 Å². The number of anilines is 1. The molecule has 1 aliphatic heterocycles. The van der Waals surface area contributed by atoms with Gasteiger partial charge >= 0.3 is 0 Å². The second kappa shape index (κ2) is 5.34. The van der Waals surface area contributed by atoms with Crippen LogP contribution in [0.3, 0.4) is 0 Å². The van der Waals surface area contributed by atoms with Crippen LogP contribution in [0.4, 0.5) is 10.1 Å². The largest absolute Gasteiger partial charge is 0.394 e. The van der Waals surface area contributed by atoms with E-state index in [2.05, 4.69) is 0 Å². The Morgan fingerprint density at radius 2 is 2.39 bits per heavy atom. The van der Waals surface area contributed by atoms with E-state index in [1.165, 1.54) is 6.07 Å². The molecule has 2 atom stereocenters. The van der Waals surface area contributed by atoms with Gasteiger partial charge in [0.05, 0.1) is 25.0 Å². The van der Waals surface area contributed by atoms with Gasteiger partial charge in [-0.3, -0.25) is 0 Å². The molecule has 0 bridgehead atoms. The van der Waals surface area contributed by atoms with Gasteiger partial charge in [0.15, 0.2) is 0 Å². The summed E-state index contributed by atoms with van der Waals surface area (Å²) >= 11 is 0. The highest BCUT2D eigenvalue weighted by Crippen LogP contribution is 2.27. The SMILES string of the molecule is CC1COC(CO)CN1c1cccc(F)c1C#N. The van der Waals surface area contributed by atoms with E-state index in [-0.39, 0.29) is 24.3 Å². The fourth-order valence-electron chi connectivity index (χ4n) is 2.13. The summed E-state index contributed by atoms with van der Waals surface area (Å²) in [4.78, 5) is 1.91. The minimum Gasteiger partial charge on any atom is -0.394 e. The van der Waals surface area contributed by atoms with Crippen molar-refractivity contribution in [2.24, 2.45) is 0 Å². The molecule has 1 aromatic carbocycles. The molecule has 0 spiro atoms. The van der Waals surface area contributed by atoms with Gasteiger partial charge in [-0.1, -0.05) is 6.07 Å². The third kappa shape index (κ3) is 2.30. The normalized spacial score (nSPS) is 23.8. The standard InChI is InChI=1S/C13H15FN2O2/c1-9-8-18-10(7-17)6-16(9)13-4-2-3-12(14)11(13)5-15/h2-4,9-10,17H,6-8H2,1H3. The van der Waals surface area contributed by atoms with Crippen molar-refractivity contribution in [2.45, 2.75) is 19.1 Å². The van der Waals surface area contributed by atoms with E-state index < -0.39 is 5.82 Å². The molecular formula is C13H15FN2O2. The molecule has 0 radical (unpaired) electrons. The molecule has 1 heterocycles. The molecule has 1 fully saturated rings. The van der Waals surface area contributed by atoms with E-state index in [0.717, 1.165) is 0 Å². The molecule has 2 rings (SSSR count). The van der Waals surface area contributed by atoms with Gasteiger partial charge in [0.2, 0.25) is 0 Å². The Kier molecular flexibility index (Phi) is 3.80. The highest BCUT2D eigenvalue weighted by atomic mass is 19.1. The first-order valence-corrected chi connectivity index (χ1v) is 5.85. The van der Waals surface area contributed by atoms with Gasteiger partial charge in [-0.2, -0.15) is 5.26 Å². The van der Waals surface area contributed by atoms with Crippen LogP contribution in [0, 0.1) is 17.1 Å². The minimum atomic E-state index is -0.519. The lowest BCUT2D eigenvalue weighted by Gasteiger charge is -2.39. The third-order valence-corrected chi connectivity index (χ3v) is 3.12. The average molecular weight is 250 g/mol. The molecule has 0 saturated carbocycles. The summed E-state index contributed by atoms with van der Waals surface area (Å²) in [6.07, 6.45) is -0.295. The maximum atomic E-state index is 13.6. The highest BCUT2D eigenvalue weighted by molar-refractivity contribution is 5.60. The van der Waals surface area contributed by atoms with Crippen LogP contribution in [0.2, 0.25) is 0 Å². The van der Waals surface area contributed by atoms with Gasteiger partial charge in [0.1, 0.15) is 17.4 Å². The van der Waals surface area contributed by atoms with Crippen LogP contribution < -0.4 is 4.90 Å². The Bertz CT molecular complexity index is 473. The predicted octanol–water partition coefficient (Wildman–Crippen LogP) is 1.28. The summed E-state index contributed by atoms with van der Waals surface area (Å²) in [5, 5.41) is 18.2. The zero-order chi connectivity index (χ0) is 13.1. The zero-order valence-corrected chi connectivity index (χ0v) is 10.1. The summed E-state index contributed by atoms with van der Waals surface area (Å²) in [5.74, 6) is -0.519. The van der Waals surface area contributed by atoms with Gasteiger partial charge < -0.3 is 14.7 Å². The van der Waals surface area contributed by atoms with Crippen LogP contribution in [0.15, 0.2) is 18.2 Å². The van der Waals surface area contributed by atoms with E-state index in [0.29, 0.717) is 18.8 Å². The van der Waals surface area contributed by atoms with Crippen LogP contribution in [0.1, 0.15) is 12.5 Å². The number of nitriles is 1. The quantitative estimate of drug-likeness (QED) is 0.859. The molecular weight excluding hydrogens is 235 g/mol. The molecule has 18 heavy (non-hydrogen) atoms. The number of aliphatic hydroxyl groups is 1. The topological polar surface area (TPSA) is 56.5 Å². The van der Waals surface area contributed by atoms with Crippen LogP contribution in [-0.2, 0) is 4.74 Å². The Hall–Kier alpha value is -1.64. The Morgan fingerprint density at radius 1 is 1.61 bits per heavy atom. The van der Waals surface area contributed by atoms with Crippen molar-refractivity contribution in [3.63, 3.8) is 0 Å². The lowest BCUT2D eigenvalue weighted by atomic mass is 10.1. The number of hydrogen-bond donors (Lipinski definition) is 1. The smallest absolute Gasteiger partial charge is 0.143 e. The first-order chi connectivity index (χ1) is 8.67. The van der Waals surface area contributed by atoms with E-state index >= 15 is 0 Å². The number of hydrogen-bond acceptors (Lipinski definition) is 4. The van der Waals surface area contributed by atoms with Crippen molar-refractivity contribution >= 4 is 5.69 Å². The monoisotopic (exact) mass is 250 g/mol. The van der Waals surface area contributed by atoms with E-state index in [9.17, 15) is 4.39 Å². The third-order valence-electron chi connectivity index (χ3n) is 3.12. The summed E-state index contributed by atoms with van der Waals surface area (Å²) in [5.41, 5.74) is 0.606. The Morgan fingerprint density at radius 3 is 3.06 bits per heavy atom. The van der Waals surface area contributed by atoms with Gasteiger partial charge in [0.25, 0.3) is 0 Å². The second-order valence-corrected chi connectivity index (χ2v) is 4.39. The first kappa shape index (κ1) is 12.8. The summed E-state index contributed by atoms with van der Waals surface area (Å²) in [6.45, 7) is 2.77.